The Hall–Kier alpha value is -2.19. The molecule has 0 bridgehead atoms. The lowest BCUT2D eigenvalue weighted by molar-refractivity contribution is -0.132. The number of rotatable bonds is 7. The fourth-order valence-corrected chi connectivity index (χ4v) is 3.85. The van der Waals surface area contributed by atoms with Crippen LogP contribution >= 0.6 is 11.3 Å². The Morgan fingerprint density at radius 2 is 2.35 bits per heavy atom. The van der Waals surface area contributed by atoms with Crippen molar-refractivity contribution in [3.63, 3.8) is 0 Å². The van der Waals surface area contributed by atoms with Gasteiger partial charge in [0.05, 0.1) is 23.9 Å². The molecular formula is C18H24N4O3S. The van der Waals surface area contributed by atoms with Gasteiger partial charge in [-0.1, -0.05) is 6.92 Å². The van der Waals surface area contributed by atoms with E-state index in [1.165, 1.54) is 17.6 Å². The maximum absolute atomic E-state index is 12.7. The fraction of sp³-hybridized carbons (Fsp3) is 0.500. The molecule has 2 aromatic heterocycles. The first kappa shape index (κ1) is 18.6. The van der Waals surface area contributed by atoms with Crippen molar-refractivity contribution in [2.45, 2.75) is 39.2 Å². The van der Waals surface area contributed by atoms with Crippen molar-refractivity contribution >= 4 is 28.3 Å². The topological polar surface area (TPSA) is 87.5 Å². The maximum atomic E-state index is 12.7. The Balaban J connectivity index is 1.61. The summed E-state index contributed by atoms with van der Waals surface area (Å²) in [6, 6.07) is 1.89. The van der Waals surface area contributed by atoms with E-state index in [1.807, 2.05) is 10.3 Å². The standard InChI is InChI=1S/C18H24N4O3S/c1-3-7-22(14-4-6-19-10-14)16(23)9-13-11-26-18(20-13)21-17(24)15-5-8-25-12(15)2/h5,8,11,14,19H,3-4,6-7,9-10H2,1-2H3,(H,20,21,24). The average molecular weight is 376 g/mol. The van der Waals surface area contributed by atoms with E-state index in [2.05, 4.69) is 22.5 Å². The van der Waals surface area contributed by atoms with E-state index < -0.39 is 0 Å². The maximum Gasteiger partial charge on any atom is 0.260 e. The Morgan fingerprint density at radius 1 is 1.50 bits per heavy atom. The molecule has 26 heavy (non-hydrogen) atoms. The molecule has 2 aromatic rings. The Kier molecular flexibility index (Phi) is 6.05. The number of carbonyl (C=O) groups is 2. The van der Waals surface area contributed by atoms with Crippen LogP contribution in [0.3, 0.4) is 0 Å². The van der Waals surface area contributed by atoms with Gasteiger partial charge in [0.1, 0.15) is 5.76 Å². The summed E-state index contributed by atoms with van der Waals surface area (Å²) < 4.78 is 5.15. The lowest BCUT2D eigenvalue weighted by Crippen LogP contribution is -2.42. The summed E-state index contributed by atoms with van der Waals surface area (Å²) in [5.74, 6) is 0.400. The number of thiazole rings is 1. The molecule has 3 rings (SSSR count). The SMILES string of the molecule is CCCN(C(=O)Cc1csc(NC(=O)c2ccoc2C)n1)C1CCNC1. The van der Waals surface area contributed by atoms with E-state index in [9.17, 15) is 9.59 Å². The predicted molar refractivity (Wildman–Crippen MR) is 100 cm³/mol. The monoisotopic (exact) mass is 376 g/mol. The van der Waals surface area contributed by atoms with Crippen molar-refractivity contribution in [2.75, 3.05) is 25.0 Å². The summed E-state index contributed by atoms with van der Waals surface area (Å²) in [4.78, 5) is 31.3. The van der Waals surface area contributed by atoms with E-state index in [0.717, 1.165) is 32.5 Å². The molecular weight excluding hydrogens is 352 g/mol. The molecule has 0 spiro atoms. The lowest BCUT2D eigenvalue weighted by atomic mass is 10.2. The molecule has 0 radical (unpaired) electrons. The molecule has 1 unspecified atom stereocenters. The van der Waals surface area contributed by atoms with Gasteiger partial charge in [0, 0.05) is 24.5 Å². The van der Waals surface area contributed by atoms with Gasteiger partial charge in [0.25, 0.3) is 5.91 Å². The molecule has 1 aliphatic heterocycles. The number of aryl methyl sites for hydroxylation is 1. The van der Waals surface area contributed by atoms with Gasteiger partial charge in [0.15, 0.2) is 5.13 Å². The van der Waals surface area contributed by atoms with Gasteiger partial charge >= 0.3 is 0 Å². The number of nitrogens with one attached hydrogen (secondary N) is 2. The smallest absolute Gasteiger partial charge is 0.260 e. The van der Waals surface area contributed by atoms with E-state index in [1.54, 1.807) is 13.0 Å². The number of nitrogens with zero attached hydrogens (tertiary/aromatic N) is 2. The zero-order chi connectivity index (χ0) is 18.5. The summed E-state index contributed by atoms with van der Waals surface area (Å²) in [7, 11) is 0. The van der Waals surface area contributed by atoms with Crippen molar-refractivity contribution in [1.29, 1.82) is 0 Å². The number of amides is 2. The van der Waals surface area contributed by atoms with Gasteiger partial charge in [-0.2, -0.15) is 0 Å². The Labute approximate surface area is 156 Å². The summed E-state index contributed by atoms with van der Waals surface area (Å²) in [6.07, 6.45) is 3.67. The van der Waals surface area contributed by atoms with E-state index in [0.29, 0.717) is 22.1 Å². The lowest BCUT2D eigenvalue weighted by Gasteiger charge is -2.28. The third kappa shape index (κ3) is 4.31. The molecule has 1 atom stereocenters. The normalized spacial score (nSPS) is 16.6. The first-order chi connectivity index (χ1) is 12.6. The molecule has 2 amide bonds. The number of anilines is 1. The molecule has 1 saturated heterocycles. The van der Waals surface area contributed by atoms with Gasteiger partial charge < -0.3 is 14.6 Å². The largest absolute Gasteiger partial charge is 0.469 e. The van der Waals surface area contributed by atoms with Crippen molar-refractivity contribution in [3.8, 4) is 0 Å². The second-order valence-electron chi connectivity index (χ2n) is 6.40. The molecule has 1 fully saturated rings. The number of hydrogen-bond donors (Lipinski definition) is 2. The van der Waals surface area contributed by atoms with E-state index in [-0.39, 0.29) is 24.3 Å². The van der Waals surface area contributed by atoms with E-state index >= 15 is 0 Å². The summed E-state index contributed by atoms with van der Waals surface area (Å²) in [5, 5.41) is 8.39. The minimum Gasteiger partial charge on any atom is -0.469 e. The van der Waals surface area contributed by atoms with Crippen molar-refractivity contribution in [1.82, 2.24) is 15.2 Å². The number of hydrogen-bond acceptors (Lipinski definition) is 6. The summed E-state index contributed by atoms with van der Waals surface area (Å²) in [6.45, 7) is 6.39. The highest BCUT2D eigenvalue weighted by atomic mass is 32.1. The number of furan rings is 1. The minimum absolute atomic E-state index is 0.0920. The Morgan fingerprint density at radius 3 is 3.00 bits per heavy atom. The third-order valence-electron chi connectivity index (χ3n) is 4.47. The molecule has 140 valence electrons. The van der Waals surface area contributed by atoms with Crippen LogP contribution in [-0.4, -0.2) is 47.4 Å². The highest BCUT2D eigenvalue weighted by Crippen LogP contribution is 2.19. The first-order valence-electron chi connectivity index (χ1n) is 8.88. The molecule has 2 N–H and O–H groups in total. The molecule has 0 aromatic carbocycles. The van der Waals surface area contributed by atoms with Crippen LogP contribution in [0.1, 0.15) is 41.6 Å². The van der Waals surface area contributed by atoms with Crippen LogP contribution < -0.4 is 10.6 Å². The van der Waals surface area contributed by atoms with Gasteiger partial charge in [-0.15, -0.1) is 11.3 Å². The van der Waals surface area contributed by atoms with Gasteiger partial charge in [-0.25, -0.2) is 4.98 Å². The molecule has 0 aliphatic carbocycles. The van der Waals surface area contributed by atoms with Crippen LogP contribution in [0, 0.1) is 6.92 Å². The van der Waals surface area contributed by atoms with Crippen LogP contribution in [0.2, 0.25) is 0 Å². The molecule has 0 saturated carbocycles. The van der Waals surface area contributed by atoms with Crippen LogP contribution in [0.15, 0.2) is 22.1 Å². The second-order valence-corrected chi connectivity index (χ2v) is 7.26. The average Bonchev–Trinajstić information content (AvgIpc) is 3.35. The van der Waals surface area contributed by atoms with Gasteiger partial charge in [0.2, 0.25) is 5.91 Å². The van der Waals surface area contributed by atoms with Crippen LogP contribution in [0.5, 0.6) is 0 Å². The van der Waals surface area contributed by atoms with Crippen LogP contribution in [-0.2, 0) is 11.2 Å². The highest BCUT2D eigenvalue weighted by Gasteiger charge is 2.26. The summed E-state index contributed by atoms with van der Waals surface area (Å²) >= 11 is 1.32. The first-order valence-corrected chi connectivity index (χ1v) is 9.76. The fourth-order valence-electron chi connectivity index (χ4n) is 3.14. The number of carbonyl (C=O) groups excluding carboxylic acids is 2. The highest BCUT2D eigenvalue weighted by molar-refractivity contribution is 7.14. The zero-order valence-corrected chi connectivity index (χ0v) is 15.9. The Bertz CT molecular complexity index is 764. The third-order valence-corrected chi connectivity index (χ3v) is 5.27. The van der Waals surface area contributed by atoms with Crippen LogP contribution in [0.4, 0.5) is 5.13 Å². The molecule has 3 heterocycles. The molecule has 8 heteroatoms. The number of aromatic nitrogens is 1. The van der Waals surface area contributed by atoms with Crippen molar-refractivity contribution in [2.24, 2.45) is 0 Å². The predicted octanol–water partition coefficient (Wildman–Crippen LogP) is 2.44. The minimum atomic E-state index is -0.256. The zero-order valence-electron chi connectivity index (χ0n) is 15.1. The molecule has 7 nitrogen and oxygen atoms in total. The summed E-state index contributed by atoms with van der Waals surface area (Å²) in [5.41, 5.74) is 1.17. The quantitative estimate of drug-likeness (QED) is 0.775. The molecule has 1 aliphatic rings. The van der Waals surface area contributed by atoms with Crippen molar-refractivity contribution in [3.05, 3.63) is 34.7 Å². The second kappa shape index (κ2) is 8.46. The van der Waals surface area contributed by atoms with Gasteiger partial charge in [-0.3, -0.25) is 14.9 Å². The van der Waals surface area contributed by atoms with Crippen LogP contribution in [0.25, 0.3) is 0 Å². The van der Waals surface area contributed by atoms with E-state index in [4.69, 9.17) is 4.42 Å². The van der Waals surface area contributed by atoms with Crippen molar-refractivity contribution < 1.29 is 14.0 Å². The van der Waals surface area contributed by atoms with Gasteiger partial charge in [-0.05, 0) is 32.4 Å².